The number of nitrogens with two attached hydrogens (primary N) is 1. The zero-order valence-electron chi connectivity index (χ0n) is 24.5. The van der Waals surface area contributed by atoms with Crippen LogP contribution in [-0.4, -0.2) is 74.9 Å². The lowest BCUT2D eigenvalue weighted by Crippen LogP contribution is -2.50. The Morgan fingerprint density at radius 2 is 1.66 bits per heavy atom. The maximum atomic E-state index is 12.7. The standard InChI is InChI=1S/C23H27ClN6O2S.2C2HF3O2/c1-12-15(3-6-20(25)28-12)11-27-22(31)13(2)29-23(32)18-7-14(10-26-18)8-21-30-17-9-16(24)4-5-19(17)33-21;2*3-2(4,5)1(6)7/h3-6,9,13-14,18,26H,7-8,10-11H2,1-2H3,(H2,25,28)(H,27,31)(H,29,32);2*(H,6,7)/t13-,14+,18+;;/m0../s1. The van der Waals surface area contributed by atoms with Crippen molar-refractivity contribution in [3.05, 3.63) is 51.6 Å². The van der Waals surface area contributed by atoms with Crippen molar-refractivity contribution in [3.63, 3.8) is 0 Å². The molecule has 20 heteroatoms. The lowest BCUT2D eigenvalue weighted by atomic mass is 10.0. The van der Waals surface area contributed by atoms with E-state index < -0.39 is 30.3 Å². The minimum Gasteiger partial charge on any atom is -0.475 e. The molecule has 1 fully saturated rings. The first-order valence-corrected chi connectivity index (χ1v) is 14.6. The number of amides is 2. The first-order valence-electron chi connectivity index (χ1n) is 13.4. The maximum absolute atomic E-state index is 12.7. The number of benzene rings is 1. The number of aryl methyl sites for hydroxylation is 1. The Morgan fingerprint density at radius 3 is 2.21 bits per heavy atom. The Hall–Kier alpha value is -4.23. The number of fused-ring (bicyclic) bond motifs is 1. The van der Waals surface area contributed by atoms with Gasteiger partial charge in [-0.2, -0.15) is 26.3 Å². The number of hydrogen-bond acceptors (Lipinski definition) is 9. The highest BCUT2D eigenvalue weighted by molar-refractivity contribution is 7.18. The van der Waals surface area contributed by atoms with Gasteiger partial charge in [-0.15, -0.1) is 11.3 Å². The zero-order chi connectivity index (χ0) is 35.7. The second kappa shape index (κ2) is 16.6. The number of hydrogen-bond donors (Lipinski definition) is 6. The molecule has 0 unspecified atom stereocenters. The predicted molar refractivity (Wildman–Crippen MR) is 158 cm³/mol. The average molecular weight is 715 g/mol. The van der Waals surface area contributed by atoms with E-state index >= 15 is 0 Å². The van der Waals surface area contributed by atoms with Crippen molar-refractivity contribution >= 4 is 62.7 Å². The monoisotopic (exact) mass is 714 g/mol. The first kappa shape index (κ1) is 39.0. The molecule has 1 saturated heterocycles. The molecular weight excluding hydrogens is 686 g/mol. The zero-order valence-corrected chi connectivity index (χ0v) is 26.1. The molecule has 0 saturated carbocycles. The van der Waals surface area contributed by atoms with E-state index in [0.29, 0.717) is 29.7 Å². The van der Waals surface area contributed by atoms with Crippen LogP contribution in [-0.2, 0) is 32.1 Å². The number of aliphatic carboxylic acids is 2. The van der Waals surface area contributed by atoms with Crippen molar-refractivity contribution in [2.24, 2.45) is 5.92 Å². The summed E-state index contributed by atoms with van der Waals surface area (Å²) < 4.78 is 64.6. The van der Waals surface area contributed by atoms with E-state index in [1.54, 1.807) is 24.3 Å². The van der Waals surface area contributed by atoms with Crippen molar-refractivity contribution in [2.45, 2.75) is 57.7 Å². The summed E-state index contributed by atoms with van der Waals surface area (Å²) in [5, 5.41) is 24.9. The summed E-state index contributed by atoms with van der Waals surface area (Å²) in [7, 11) is 0. The van der Waals surface area contributed by atoms with E-state index in [1.165, 1.54) is 0 Å². The van der Waals surface area contributed by atoms with Crippen molar-refractivity contribution in [1.29, 1.82) is 0 Å². The van der Waals surface area contributed by atoms with Crippen molar-refractivity contribution in [1.82, 2.24) is 25.9 Å². The Kier molecular flexibility index (Phi) is 13.7. The molecule has 0 spiro atoms. The van der Waals surface area contributed by atoms with Gasteiger partial charge in [-0.05, 0) is 62.6 Å². The molecule has 2 aromatic heterocycles. The van der Waals surface area contributed by atoms with Crippen LogP contribution in [0.1, 0.15) is 29.6 Å². The Bertz CT molecular complexity index is 1560. The normalized spacial score (nSPS) is 16.6. The van der Waals surface area contributed by atoms with E-state index in [2.05, 4.69) is 25.9 Å². The largest absolute Gasteiger partial charge is 0.490 e. The van der Waals surface area contributed by atoms with Gasteiger partial charge in [0, 0.05) is 23.7 Å². The maximum Gasteiger partial charge on any atom is 0.490 e. The molecule has 0 aliphatic carbocycles. The molecule has 2 amide bonds. The Morgan fingerprint density at radius 1 is 1.06 bits per heavy atom. The number of alkyl halides is 6. The molecule has 4 rings (SSSR count). The summed E-state index contributed by atoms with van der Waals surface area (Å²) in [6.45, 7) is 4.59. The summed E-state index contributed by atoms with van der Waals surface area (Å²) in [6.07, 6.45) is -8.66. The molecule has 3 heterocycles. The molecular formula is C27H29ClF6N6O6S. The fourth-order valence-electron chi connectivity index (χ4n) is 3.96. The summed E-state index contributed by atoms with van der Waals surface area (Å²) in [5.41, 5.74) is 8.22. The number of pyridine rings is 1. The van der Waals surface area contributed by atoms with Crippen LogP contribution in [0, 0.1) is 12.8 Å². The molecule has 1 aliphatic heterocycles. The molecule has 47 heavy (non-hydrogen) atoms. The van der Waals surface area contributed by atoms with Gasteiger partial charge in [0.15, 0.2) is 0 Å². The number of carbonyl (C=O) groups is 4. The van der Waals surface area contributed by atoms with Crippen LogP contribution in [0.25, 0.3) is 10.2 Å². The van der Waals surface area contributed by atoms with E-state index in [1.807, 2.05) is 31.2 Å². The molecule has 3 atom stereocenters. The second-order valence-electron chi connectivity index (χ2n) is 10.0. The lowest BCUT2D eigenvalue weighted by molar-refractivity contribution is -0.193. The van der Waals surface area contributed by atoms with Crippen LogP contribution < -0.4 is 21.7 Å². The van der Waals surface area contributed by atoms with Gasteiger partial charge in [-0.25, -0.2) is 19.6 Å². The van der Waals surface area contributed by atoms with Gasteiger partial charge in [-0.1, -0.05) is 17.7 Å². The molecule has 3 aromatic rings. The number of rotatable bonds is 7. The number of nitrogens with one attached hydrogen (secondary N) is 3. The number of aromatic nitrogens is 2. The van der Waals surface area contributed by atoms with E-state index in [9.17, 15) is 35.9 Å². The van der Waals surface area contributed by atoms with Gasteiger partial charge < -0.3 is 31.9 Å². The Balaban J connectivity index is 0.000000459. The quantitative estimate of drug-likeness (QED) is 0.196. The third-order valence-corrected chi connectivity index (χ3v) is 7.60. The summed E-state index contributed by atoms with van der Waals surface area (Å²) in [5.74, 6) is -5.18. The minimum atomic E-state index is -5.08. The van der Waals surface area contributed by atoms with Crippen LogP contribution in [0.3, 0.4) is 0 Å². The number of carboxylic acids is 2. The predicted octanol–water partition coefficient (Wildman–Crippen LogP) is 3.84. The van der Waals surface area contributed by atoms with Gasteiger partial charge in [0.2, 0.25) is 11.8 Å². The summed E-state index contributed by atoms with van der Waals surface area (Å²) in [6, 6.07) is 8.30. The molecule has 1 aliphatic rings. The molecule has 12 nitrogen and oxygen atoms in total. The van der Waals surface area contributed by atoms with Gasteiger partial charge in [-0.3, -0.25) is 9.59 Å². The fourth-order valence-corrected chi connectivity index (χ4v) is 5.19. The van der Waals surface area contributed by atoms with E-state index in [4.69, 9.17) is 37.1 Å². The third kappa shape index (κ3) is 12.8. The summed E-state index contributed by atoms with van der Waals surface area (Å²) in [4.78, 5) is 51.8. The number of anilines is 1. The molecule has 0 bridgehead atoms. The number of carbonyl (C=O) groups excluding carboxylic acids is 2. The smallest absolute Gasteiger partial charge is 0.475 e. The number of halogens is 7. The van der Waals surface area contributed by atoms with Crippen molar-refractivity contribution < 1.29 is 55.7 Å². The highest BCUT2D eigenvalue weighted by Crippen LogP contribution is 2.28. The van der Waals surface area contributed by atoms with Gasteiger partial charge in [0.05, 0.1) is 21.3 Å². The SMILES string of the molecule is Cc1nc(N)ccc1CNC(=O)[C@H](C)NC(=O)[C@H]1C[C@H](Cc2nc3cc(Cl)ccc3s2)CN1.O=C(O)C(F)(F)F.O=C(O)C(F)(F)F. The fraction of sp³-hybridized carbons (Fsp3) is 0.407. The molecule has 0 radical (unpaired) electrons. The molecule has 1 aromatic carbocycles. The van der Waals surface area contributed by atoms with Gasteiger partial charge >= 0.3 is 24.3 Å². The third-order valence-electron chi connectivity index (χ3n) is 6.30. The van der Waals surface area contributed by atoms with E-state index in [-0.39, 0.29) is 17.9 Å². The van der Waals surface area contributed by atoms with Crippen LogP contribution in [0.15, 0.2) is 30.3 Å². The number of thiazole rings is 1. The topological polar surface area (TPSA) is 197 Å². The number of nitrogen functional groups attached to an aromatic ring is 1. The van der Waals surface area contributed by atoms with Crippen LogP contribution in [0.5, 0.6) is 0 Å². The van der Waals surface area contributed by atoms with Gasteiger partial charge in [0.1, 0.15) is 11.9 Å². The highest BCUT2D eigenvalue weighted by atomic mass is 35.5. The highest BCUT2D eigenvalue weighted by Gasteiger charge is 2.39. The first-order chi connectivity index (χ1) is 21.7. The molecule has 7 N–H and O–H groups in total. The van der Waals surface area contributed by atoms with E-state index in [0.717, 1.165) is 39.4 Å². The van der Waals surface area contributed by atoms with Crippen molar-refractivity contribution in [2.75, 3.05) is 12.3 Å². The number of carboxylic acid groups (broad SMARTS) is 2. The molecule has 258 valence electrons. The number of nitrogens with zero attached hydrogens (tertiary/aromatic N) is 2. The minimum absolute atomic E-state index is 0.165. The lowest BCUT2D eigenvalue weighted by Gasteiger charge is -2.17. The van der Waals surface area contributed by atoms with Crippen molar-refractivity contribution in [3.8, 4) is 0 Å². The average Bonchev–Trinajstić information content (AvgIpc) is 3.58. The van der Waals surface area contributed by atoms with Crippen LogP contribution >= 0.6 is 22.9 Å². The summed E-state index contributed by atoms with van der Waals surface area (Å²) >= 11 is 7.71. The van der Waals surface area contributed by atoms with Crippen LogP contribution in [0.4, 0.5) is 32.2 Å². The van der Waals surface area contributed by atoms with Crippen LogP contribution in [0.2, 0.25) is 5.02 Å². The second-order valence-corrected chi connectivity index (χ2v) is 11.6. The Labute approximate surface area is 271 Å². The van der Waals surface area contributed by atoms with Gasteiger partial charge in [0.25, 0.3) is 0 Å².